The maximum absolute atomic E-state index is 3.59. The van der Waals surface area contributed by atoms with Crippen LogP contribution in [0.5, 0.6) is 0 Å². The van der Waals surface area contributed by atoms with Crippen molar-refractivity contribution in [3.05, 3.63) is 30.3 Å². The first kappa shape index (κ1) is 7.69. The summed E-state index contributed by atoms with van der Waals surface area (Å²) in [5.41, 5.74) is 0. The standard InChI is InChI=1S/C9H9BrS/c10-8-6-9(8)11-7-4-2-1-3-5-7/h1-5,8-9H,6H2. The van der Waals surface area contributed by atoms with Gasteiger partial charge in [0.05, 0.1) is 0 Å². The molecule has 1 aromatic carbocycles. The van der Waals surface area contributed by atoms with Crippen LogP contribution in [0.2, 0.25) is 0 Å². The summed E-state index contributed by atoms with van der Waals surface area (Å²) in [6.45, 7) is 0. The van der Waals surface area contributed by atoms with Gasteiger partial charge in [0.15, 0.2) is 0 Å². The molecule has 0 radical (unpaired) electrons. The lowest BCUT2D eigenvalue weighted by molar-refractivity contribution is 1.42. The zero-order valence-corrected chi connectivity index (χ0v) is 8.44. The van der Waals surface area contributed by atoms with Crippen LogP contribution in [-0.4, -0.2) is 10.1 Å². The van der Waals surface area contributed by atoms with E-state index < -0.39 is 0 Å². The van der Waals surface area contributed by atoms with E-state index in [9.17, 15) is 0 Å². The van der Waals surface area contributed by atoms with E-state index >= 15 is 0 Å². The Morgan fingerprint density at radius 3 is 2.45 bits per heavy atom. The van der Waals surface area contributed by atoms with Crippen LogP contribution in [0.3, 0.4) is 0 Å². The van der Waals surface area contributed by atoms with E-state index in [1.54, 1.807) is 0 Å². The molecule has 0 bridgehead atoms. The highest BCUT2D eigenvalue weighted by atomic mass is 79.9. The Morgan fingerprint density at radius 2 is 1.91 bits per heavy atom. The third-order valence-electron chi connectivity index (χ3n) is 1.69. The summed E-state index contributed by atoms with van der Waals surface area (Å²) in [5.74, 6) is 0. The van der Waals surface area contributed by atoms with Crippen molar-refractivity contribution < 1.29 is 0 Å². The molecule has 0 amide bonds. The normalized spacial score (nSPS) is 28.5. The van der Waals surface area contributed by atoms with Crippen molar-refractivity contribution in [2.45, 2.75) is 21.4 Å². The number of benzene rings is 1. The van der Waals surface area contributed by atoms with Gasteiger partial charge in [0.2, 0.25) is 0 Å². The Morgan fingerprint density at radius 1 is 1.27 bits per heavy atom. The van der Waals surface area contributed by atoms with Crippen LogP contribution in [0.1, 0.15) is 6.42 Å². The number of rotatable bonds is 2. The van der Waals surface area contributed by atoms with Crippen LogP contribution in [0, 0.1) is 0 Å². The molecule has 2 rings (SSSR count). The van der Waals surface area contributed by atoms with Crippen LogP contribution in [0.15, 0.2) is 35.2 Å². The molecule has 2 unspecified atom stereocenters. The van der Waals surface area contributed by atoms with E-state index in [4.69, 9.17) is 0 Å². The zero-order chi connectivity index (χ0) is 7.68. The Labute approximate surface area is 79.5 Å². The van der Waals surface area contributed by atoms with Crippen molar-refractivity contribution in [3.8, 4) is 0 Å². The summed E-state index contributed by atoms with van der Waals surface area (Å²) in [6, 6.07) is 10.6. The highest BCUT2D eigenvalue weighted by molar-refractivity contribution is 9.09. The van der Waals surface area contributed by atoms with Gasteiger partial charge < -0.3 is 0 Å². The van der Waals surface area contributed by atoms with Gasteiger partial charge in [-0.15, -0.1) is 11.8 Å². The average Bonchev–Trinajstić information content (AvgIpc) is 2.69. The van der Waals surface area contributed by atoms with E-state index in [2.05, 4.69) is 46.3 Å². The third kappa shape index (κ3) is 2.00. The van der Waals surface area contributed by atoms with Gasteiger partial charge in [-0.05, 0) is 18.6 Å². The van der Waals surface area contributed by atoms with Crippen molar-refractivity contribution >= 4 is 27.7 Å². The fraction of sp³-hybridized carbons (Fsp3) is 0.333. The monoisotopic (exact) mass is 228 g/mol. The van der Waals surface area contributed by atoms with Crippen molar-refractivity contribution in [2.24, 2.45) is 0 Å². The van der Waals surface area contributed by atoms with Gasteiger partial charge in [-0.1, -0.05) is 34.1 Å². The van der Waals surface area contributed by atoms with Crippen molar-refractivity contribution in [1.29, 1.82) is 0 Å². The summed E-state index contributed by atoms with van der Waals surface area (Å²) in [7, 11) is 0. The minimum atomic E-state index is 0.757. The molecule has 0 nitrogen and oxygen atoms in total. The number of halogens is 1. The van der Waals surface area contributed by atoms with Crippen molar-refractivity contribution in [1.82, 2.24) is 0 Å². The Bertz CT molecular complexity index is 235. The molecule has 0 aromatic heterocycles. The van der Waals surface area contributed by atoms with Gasteiger partial charge in [-0.3, -0.25) is 0 Å². The largest absolute Gasteiger partial charge is 0.122 e. The fourth-order valence-electron chi connectivity index (χ4n) is 0.939. The molecule has 0 aliphatic heterocycles. The first-order valence-electron chi connectivity index (χ1n) is 3.72. The van der Waals surface area contributed by atoms with Crippen LogP contribution < -0.4 is 0 Å². The summed E-state index contributed by atoms with van der Waals surface area (Å²) >= 11 is 5.56. The summed E-state index contributed by atoms with van der Waals surface area (Å²) < 4.78 is 0. The number of hydrogen-bond donors (Lipinski definition) is 0. The van der Waals surface area contributed by atoms with Crippen molar-refractivity contribution in [3.63, 3.8) is 0 Å². The van der Waals surface area contributed by atoms with Crippen LogP contribution in [-0.2, 0) is 0 Å². The van der Waals surface area contributed by atoms with Gasteiger partial charge in [-0.2, -0.15) is 0 Å². The smallest absolute Gasteiger partial charge is 0.0279 e. The van der Waals surface area contributed by atoms with Gasteiger partial charge in [0, 0.05) is 15.0 Å². The Hall–Kier alpha value is 0.0500. The van der Waals surface area contributed by atoms with Gasteiger partial charge in [0.1, 0.15) is 0 Å². The summed E-state index contributed by atoms with van der Waals surface area (Å²) in [5, 5.41) is 0.817. The SMILES string of the molecule is BrC1CC1Sc1ccccc1. The molecular weight excluding hydrogens is 220 g/mol. The molecule has 2 heteroatoms. The quantitative estimate of drug-likeness (QED) is 0.701. The van der Waals surface area contributed by atoms with E-state index in [-0.39, 0.29) is 0 Å². The van der Waals surface area contributed by atoms with Gasteiger partial charge >= 0.3 is 0 Å². The molecule has 0 heterocycles. The minimum Gasteiger partial charge on any atom is -0.122 e. The molecule has 11 heavy (non-hydrogen) atoms. The summed E-state index contributed by atoms with van der Waals surface area (Å²) in [4.78, 5) is 2.15. The predicted molar refractivity (Wildman–Crippen MR) is 53.4 cm³/mol. The third-order valence-corrected chi connectivity index (χ3v) is 4.42. The minimum absolute atomic E-state index is 0.757. The molecule has 0 spiro atoms. The Balaban J connectivity index is 1.97. The van der Waals surface area contributed by atoms with Gasteiger partial charge in [0.25, 0.3) is 0 Å². The molecule has 1 fully saturated rings. The maximum atomic E-state index is 3.59. The lowest BCUT2D eigenvalue weighted by Crippen LogP contribution is -1.77. The highest BCUT2D eigenvalue weighted by Crippen LogP contribution is 2.44. The topological polar surface area (TPSA) is 0 Å². The van der Waals surface area contributed by atoms with Crippen LogP contribution in [0.4, 0.5) is 0 Å². The van der Waals surface area contributed by atoms with E-state index in [1.165, 1.54) is 11.3 Å². The predicted octanol–water partition coefficient (Wildman–Crippen LogP) is 3.31. The second kappa shape index (κ2) is 3.20. The average molecular weight is 229 g/mol. The molecule has 1 aliphatic carbocycles. The number of alkyl halides is 1. The van der Waals surface area contributed by atoms with Gasteiger partial charge in [-0.25, -0.2) is 0 Å². The highest BCUT2D eigenvalue weighted by Gasteiger charge is 2.35. The fourth-order valence-corrected chi connectivity index (χ4v) is 3.03. The Kier molecular flexibility index (Phi) is 2.23. The first-order chi connectivity index (χ1) is 5.36. The van der Waals surface area contributed by atoms with E-state index in [0.29, 0.717) is 0 Å². The van der Waals surface area contributed by atoms with Crippen molar-refractivity contribution in [2.75, 3.05) is 0 Å². The number of thioether (sulfide) groups is 1. The van der Waals surface area contributed by atoms with Crippen LogP contribution in [0.25, 0.3) is 0 Å². The molecule has 0 saturated heterocycles. The molecule has 2 atom stereocenters. The van der Waals surface area contributed by atoms with Crippen LogP contribution >= 0.6 is 27.7 Å². The number of hydrogen-bond acceptors (Lipinski definition) is 1. The second-order valence-electron chi connectivity index (χ2n) is 2.72. The lowest BCUT2D eigenvalue weighted by atomic mass is 10.4. The lowest BCUT2D eigenvalue weighted by Gasteiger charge is -1.96. The molecule has 1 aliphatic rings. The zero-order valence-electron chi connectivity index (χ0n) is 6.03. The molecule has 58 valence electrons. The van der Waals surface area contributed by atoms with E-state index in [0.717, 1.165) is 10.1 Å². The summed E-state index contributed by atoms with van der Waals surface area (Å²) in [6.07, 6.45) is 1.32. The molecule has 0 N–H and O–H groups in total. The molecule has 1 aromatic rings. The van der Waals surface area contributed by atoms with E-state index in [1.807, 2.05) is 11.8 Å². The first-order valence-corrected chi connectivity index (χ1v) is 5.51. The molecule has 1 saturated carbocycles. The maximum Gasteiger partial charge on any atom is 0.0279 e. The second-order valence-corrected chi connectivity index (χ2v) is 5.21. The molecular formula is C9H9BrS.